The van der Waals surface area contributed by atoms with Crippen molar-refractivity contribution in [1.82, 2.24) is 10.6 Å². The number of nitrogens with one attached hydrogen (secondary N) is 2. The Kier molecular flexibility index (Phi) is 6.40. The van der Waals surface area contributed by atoms with Gasteiger partial charge in [-0.1, -0.05) is 44.2 Å². The Balaban J connectivity index is 2.48. The molecule has 0 saturated carbocycles. The van der Waals surface area contributed by atoms with E-state index in [1.807, 2.05) is 30.3 Å². The van der Waals surface area contributed by atoms with Gasteiger partial charge in [0.15, 0.2) is 0 Å². The quantitative estimate of drug-likeness (QED) is 0.758. The number of hydrogen-bond donors (Lipinski definition) is 2. The third-order valence-corrected chi connectivity index (χ3v) is 3.44. The molecule has 0 heterocycles. The largest absolute Gasteiger partial charge is 0.355 e. The number of benzene rings is 1. The van der Waals surface area contributed by atoms with Crippen molar-refractivity contribution in [2.75, 3.05) is 6.54 Å². The topological polar surface area (TPSA) is 58.2 Å². The van der Waals surface area contributed by atoms with Crippen LogP contribution in [0, 0.1) is 11.3 Å². The van der Waals surface area contributed by atoms with Gasteiger partial charge in [0, 0.05) is 13.1 Å². The molecule has 0 aromatic heterocycles. The van der Waals surface area contributed by atoms with Crippen LogP contribution in [0.25, 0.3) is 0 Å². The monoisotopic (exact) mass is 290 g/mol. The van der Waals surface area contributed by atoms with Crippen LogP contribution in [0.3, 0.4) is 0 Å². The van der Waals surface area contributed by atoms with E-state index in [0.29, 0.717) is 19.0 Å². The average Bonchev–Trinajstić information content (AvgIpc) is 2.45. The van der Waals surface area contributed by atoms with E-state index >= 15 is 0 Å². The van der Waals surface area contributed by atoms with Crippen molar-refractivity contribution in [3.63, 3.8) is 0 Å². The van der Waals surface area contributed by atoms with E-state index in [1.165, 1.54) is 0 Å². The van der Waals surface area contributed by atoms with E-state index in [9.17, 15) is 9.59 Å². The molecule has 0 saturated heterocycles. The second kappa shape index (κ2) is 7.81. The highest BCUT2D eigenvalue weighted by Crippen LogP contribution is 2.16. The van der Waals surface area contributed by atoms with Crippen molar-refractivity contribution in [1.29, 1.82) is 0 Å². The molecule has 0 aliphatic carbocycles. The molecule has 0 bridgehead atoms. The normalized spacial score (nSPS) is 11.3. The van der Waals surface area contributed by atoms with E-state index in [0.717, 1.165) is 12.0 Å². The first-order chi connectivity index (χ1) is 9.84. The van der Waals surface area contributed by atoms with Crippen molar-refractivity contribution in [3.8, 4) is 0 Å². The van der Waals surface area contributed by atoms with Gasteiger partial charge in [-0.3, -0.25) is 9.59 Å². The Morgan fingerprint density at radius 2 is 1.62 bits per heavy atom. The summed E-state index contributed by atoms with van der Waals surface area (Å²) >= 11 is 0. The molecule has 0 aliphatic heterocycles. The second-order valence-electron chi connectivity index (χ2n) is 6.23. The molecule has 0 atom stereocenters. The average molecular weight is 290 g/mol. The molecule has 4 nitrogen and oxygen atoms in total. The fourth-order valence-corrected chi connectivity index (χ4v) is 1.80. The molecule has 0 spiro atoms. The second-order valence-corrected chi connectivity index (χ2v) is 6.23. The number of carbonyl (C=O) groups excluding carboxylic acids is 2. The molecular weight excluding hydrogens is 264 g/mol. The van der Waals surface area contributed by atoms with E-state index in [1.54, 1.807) is 13.8 Å². The van der Waals surface area contributed by atoms with E-state index < -0.39 is 5.41 Å². The van der Waals surface area contributed by atoms with E-state index in [-0.39, 0.29) is 11.8 Å². The third-order valence-electron chi connectivity index (χ3n) is 3.44. The highest BCUT2D eigenvalue weighted by Gasteiger charge is 2.35. The Morgan fingerprint density at radius 1 is 1.05 bits per heavy atom. The van der Waals surface area contributed by atoms with Gasteiger partial charge in [-0.25, -0.2) is 0 Å². The first-order valence-corrected chi connectivity index (χ1v) is 7.44. The van der Waals surface area contributed by atoms with Crippen LogP contribution in [0.4, 0.5) is 0 Å². The molecule has 116 valence electrons. The molecule has 21 heavy (non-hydrogen) atoms. The molecule has 0 unspecified atom stereocenters. The first-order valence-electron chi connectivity index (χ1n) is 7.44. The van der Waals surface area contributed by atoms with Gasteiger partial charge in [0.05, 0.1) is 0 Å². The zero-order chi connectivity index (χ0) is 15.9. The SMILES string of the molecule is CC(C)CCNC(=O)C(C)(C)C(=O)NCc1ccccc1. The fourth-order valence-electron chi connectivity index (χ4n) is 1.80. The Bertz CT molecular complexity index is 467. The zero-order valence-electron chi connectivity index (χ0n) is 13.4. The van der Waals surface area contributed by atoms with Crippen LogP contribution in [0.5, 0.6) is 0 Å². The summed E-state index contributed by atoms with van der Waals surface area (Å²) in [4.78, 5) is 24.3. The molecule has 4 heteroatoms. The van der Waals surface area contributed by atoms with Crippen LogP contribution >= 0.6 is 0 Å². The van der Waals surface area contributed by atoms with Crippen LogP contribution in [0.2, 0.25) is 0 Å². The molecule has 0 radical (unpaired) electrons. The van der Waals surface area contributed by atoms with Crippen LogP contribution < -0.4 is 10.6 Å². The molecule has 0 aliphatic rings. The fraction of sp³-hybridized carbons (Fsp3) is 0.529. The lowest BCUT2D eigenvalue weighted by Gasteiger charge is -2.23. The van der Waals surface area contributed by atoms with Gasteiger partial charge in [-0.05, 0) is 31.7 Å². The van der Waals surface area contributed by atoms with Gasteiger partial charge in [-0.15, -0.1) is 0 Å². The van der Waals surface area contributed by atoms with Crippen molar-refractivity contribution in [2.24, 2.45) is 11.3 Å². The van der Waals surface area contributed by atoms with E-state index in [4.69, 9.17) is 0 Å². The van der Waals surface area contributed by atoms with E-state index in [2.05, 4.69) is 24.5 Å². The number of rotatable bonds is 7. The van der Waals surface area contributed by atoms with Gasteiger partial charge in [0.25, 0.3) is 0 Å². The van der Waals surface area contributed by atoms with Crippen LogP contribution in [-0.4, -0.2) is 18.4 Å². The number of amides is 2. The van der Waals surface area contributed by atoms with Crippen LogP contribution in [0.1, 0.15) is 39.7 Å². The summed E-state index contributed by atoms with van der Waals surface area (Å²) in [5.41, 5.74) is -0.0481. The van der Waals surface area contributed by atoms with Crippen molar-refractivity contribution in [2.45, 2.75) is 40.7 Å². The summed E-state index contributed by atoms with van der Waals surface area (Å²) in [6.45, 7) is 8.54. The predicted molar refractivity (Wildman–Crippen MR) is 84.5 cm³/mol. The summed E-state index contributed by atoms with van der Waals surface area (Å²) in [6, 6.07) is 9.65. The van der Waals surface area contributed by atoms with Gasteiger partial charge in [-0.2, -0.15) is 0 Å². The molecule has 1 aromatic rings. The number of hydrogen-bond acceptors (Lipinski definition) is 2. The lowest BCUT2D eigenvalue weighted by molar-refractivity contribution is -0.141. The van der Waals surface area contributed by atoms with Gasteiger partial charge < -0.3 is 10.6 Å². The molecule has 2 N–H and O–H groups in total. The summed E-state index contributed by atoms with van der Waals surface area (Å²) in [7, 11) is 0. The Labute approximate surface area is 127 Å². The summed E-state index contributed by atoms with van der Waals surface area (Å²) in [5, 5.41) is 5.65. The lowest BCUT2D eigenvalue weighted by Crippen LogP contribution is -2.47. The first kappa shape index (κ1) is 17.2. The third kappa shape index (κ3) is 5.58. The zero-order valence-corrected chi connectivity index (χ0v) is 13.4. The summed E-state index contributed by atoms with van der Waals surface area (Å²) < 4.78 is 0. The minimum absolute atomic E-state index is 0.228. The molecule has 0 fully saturated rings. The molecule has 2 amide bonds. The molecular formula is C17H26N2O2. The maximum Gasteiger partial charge on any atom is 0.235 e. The van der Waals surface area contributed by atoms with Crippen LogP contribution in [0.15, 0.2) is 30.3 Å². The Morgan fingerprint density at radius 3 is 2.19 bits per heavy atom. The van der Waals surface area contributed by atoms with Crippen molar-refractivity contribution in [3.05, 3.63) is 35.9 Å². The van der Waals surface area contributed by atoms with Gasteiger partial charge in [0.2, 0.25) is 11.8 Å². The van der Waals surface area contributed by atoms with Crippen LogP contribution in [-0.2, 0) is 16.1 Å². The maximum absolute atomic E-state index is 12.2. The summed E-state index contributed by atoms with van der Waals surface area (Å²) in [6.07, 6.45) is 0.910. The lowest BCUT2D eigenvalue weighted by atomic mass is 9.91. The predicted octanol–water partition coefficient (Wildman–Crippen LogP) is 2.49. The van der Waals surface area contributed by atoms with Crippen molar-refractivity contribution >= 4 is 11.8 Å². The highest BCUT2D eigenvalue weighted by atomic mass is 16.2. The molecule has 1 aromatic carbocycles. The highest BCUT2D eigenvalue weighted by molar-refractivity contribution is 6.04. The maximum atomic E-state index is 12.2. The minimum Gasteiger partial charge on any atom is -0.355 e. The molecule has 1 rings (SSSR count). The van der Waals surface area contributed by atoms with Gasteiger partial charge in [0.1, 0.15) is 5.41 Å². The smallest absolute Gasteiger partial charge is 0.235 e. The van der Waals surface area contributed by atoms with Gasteiger partial charge >= 0.3 is 0 Å². The standard InChI is InChI=1S/C17H26N2O2/c1-13(2)10-11-18-15(20)17(3,4)16(21)19-12-14-8-6-5-7-9-14/h5-9,13H,10-12H2,1-4H3,(H,18,20)(H,19,21). The number of carbonyl (C=O) groups is 2. The Hall–Kier alpha value is -1.84. The minimum atomic E-state index is -1.06. The van der Waals surface area contributed by atoms with Crippen molar-refractivity contribution < 1.29 is 9.59 Å². The summed E-state index contributed by atoms with van der Waals surface area (Å²) in [5.74, 6) is 0.0439.